The number of hydrogen-bond acceptors (Lipinski definition) is 1. The molecule has 2 fully saturated rings. The summed E-state index contributed by atoms with van der Waals surface area (Å²) in [5, 5.41) is 0. The highest BCUT2D eigenvalue weighted by Gasteiger charge is 2.42. The Kier molecular flexibility index (Phi) is 3.58. The Hall–Kier alpha value is -1.31. The second-order valence-electron chi connectivity index (χ2n) is 6.33. The van der Waals surface area contributed by atoms with Crippen molar-refractivity contribution in [2.45, 2.75) is 51.5 Å². The lowest BCUT2D eigenvalue weighted by molar-refractivity contribution is -0.128. The maximum Gasteiger partial charge on any atom is 0.223 e. The van der Waals surface area contributed by atoms with E-state index in [2.05, 4.69) is 29.2 Å². The summed E-state index contributed by atoms with van der Waals surface area (Å²) in [6, 6.07) is 10.4. The van der Waals surface area contributed by atoms with Crippen molar-refractivity contribution < 1.29 is 4.79 Å². The average molecular weight is 257 g/mol. The first-order valence-electron chi connectivity index (χ1n) is 7.59. The van der Waals surface area contributed by atoms with Crippen molar-refractivity contribution in [1.29, 1.82) is 0 Å². The van der Waals surface area contributed by atoms with Crippen LogP contribution in [0.1, 0.15) is 50.5 Å². The number of hydrogen-bond donors (Lipinski definition) is 0. The lowest BCUT2D eigenvalue weighted by Crippen LogP contribution is -2.28. The summed E-state index contributed by atoms with van der Waals surface area (Å²) in [4.78, 5) is 14.4. The van der Waals surface area contributed by atoms with Gasteiger partial charge in [0.05, 0.1) is 0 Å². The van der Waals surface area contributed by atoms with Crippen LogP contribution in [-0.4, -0.2) is 17.4 Å². The molecule has 1 saturated heterocycles. The van der Waals surface area contributed by atoms with Crippen molar-refractivity contribution in [2.24, 2.45) is 5.41 Å². The molecule has 2 heteroatoms. The Morgan fingerprint density at radius 2 is 1.68 bits per heavy atom. The largest absolute Gasteiger partial charge is 0.338 e. The summed E-state index contributed by atoms with van der Waals surface area (Å²) in [5.41, 5.74) is 1.56. The quantitative estimate of drug-likeness (QED) is 0.790. The fraction of sp³-hybridized carbons (Fsp3) is 0.588. The molecule has 1 heterocycles. The smallest absolute Gasteiger partial charge is 0.223 e. The van der Waals surface area contributed by atoms with E-state index in [0.29, 0.717) is 11.3 Å². The number of rotatable bonds is 2. The van der Waals surface area contributed by atoms with E-state index in [4.69, 9.17) is 0 Å². The summed E-state index contributed by atoms with van der Waals surface area (Å²) in [5.74, 6) is 0.366. The highest BCUT2D eigenvalue weighted by molar-refractivity contribution is 5.79. The van der Waals surface area contributed by atoms with E-state index < -0.39 is 0 Å². The van der Waals surface area contributed by atoms with Crippen molar-refractivity contribution >= 4 is 5.91 Å². The Labute approximate surface area is 115 Å². The summed E-state index contributed by atoms with van der Waals surface area (Å²) >= 11 is 0. The molecule has 2 nitrogen and oxygen atoms in total. The molecule has 1 aromatic rings. The highest BCUT2D eigenvalue weighted by Crippen LogP contribution is 2.43. The number of carbonyl (C=O) groups is 1. The Bertz CT molecular complexity index is 432. The minimum Gasteiger partial charge on any atom is -0.338 e. The van der Waals surface area contributed by atoms with E-state index in [9.17, 15) is 4.79 Å². The van der Waals surface area contributed by atoms with Crippen molar-refractivity contribution in [1.82, 2.24) is 4.90 Å². The molecule has 19 heavy (non-hydrogen) atoms. The maximum atomic E-state index is 12.3. The lowest BCUT2D eigenvalue weighted by Gasteiger charge is -2.27. The molecule has 0 unspecified atom stereocenters. The molecule has 0 bridgehead atoms. The van der Waals surface area contributed by atoms with Gasteiger partial charge in [0, 0.05) is 19.5 Å². The molecule has 0 aromatic heterocycles. The normalized spacial score (nSPS) is 22.7. The topological polar surface area (TPSA) is 20.3 Å². The SMILES string of the molecule is O=C1CC2(CCCCCC2)CN1Cc1ccccc1. The third-order valence-corrected chi connectivity index (χ3v) is 4.79. The van der Waals surface area contributed by atoms with Crippen LogP contribution in [0, 0.1) is 5.41 Å². The van der Waals surface area contributed by atoms with Gasteiger partial charge < -0.3 is 4.90 Å². The van der Waals surface area contributed by atoms with Crippen molar-refractivity contribution in [3.05, 3.63) is 35.9 Å². The van der Waals surface area contributed by atoms with Crippen molar-refractivity contribution in [2.75, 3.05) is 6.54 Å². The molecule has 0 radical (unpaired) electrons. The number of amides is 1. The predicted octanol–water partition coefficient (Wildman–Crippen LogP) is 3.76. The monoisotopic (exact) mass is 257 g/mol. The van der Waals surface area contributed by atoms with E-state index >= 15 is 0 Å². The molecular weight excluding hydrogens is 234 g/mol. The number of carbonyl (C=O) groups excluding carboxylic acids is 1. The predicted molar refractivity (Wildman–Crippen MR) is 76.6 cm³/mol. The second kappa shape index (κ2) is 5.36. The summed E-state index contributed by atoms with van der Waals surface area (Å²) < 4.78 is 0. The zero-order valence-electron chi connectivity index (χ0n) is 11.6. The standard InChI is InChI=1S/C17H23NO/c19-16-12-17(10-6-1-2-7-11-17)14-18(16)13-15-8-4-3-5-9-15/h3-5,8-9H,1-2,6-7,10-14H2. The first-order valence-corrected chi connectivity index (χ1v) is 7.59. The van der Waals surface area contributed by atoms with Gasteiger partial charge in [-0.3, -0.25) is 4.79 Å². The van der Waals surface area contributed by atoms with Crippen LogP contribution in [0.25, 0.3) is 0 Å². The first kappa shape index (κ1) is 12.7. The van der Waals surface area contributed by atoms with E-state index in [0.717, 1.165) is 19.5 Å². The van der Waals surface area contributed by atoms with Crippen LogP contribution in [0.5, 0.6) is 0 Å². The number of nitrogens with zero attached hydrogens (tertiary/aromatic N) is 1. The fourth-order valence-corrected chi connectivity index (χ4v) is 3.74. The maximum absolute atomic E-state index is 12.3. The molecule has 1 aliphatic heterocycles. The van der Waals surface area contributed by atoms with Gasteiger partial charge in [0.1, 0.15) is 0 Å². The number of likely N-dealkylation sites (tertiary alicyclic amines) is 1. The van der Waals surface area contributed by atoms with Crippen LogP contribution in [-0.2, 0) is 11.3 Å². The molecule has 0 atom stereocenters. The van der Waals surface area contributed by atoms with E-state index in [-0.39, 0.29) is 0 Å². The van der Waals surface area contributed by atoms with E-state index in [1.807, 2.05) is 6.07 Å². The molecule has 1 spiro atoms. The van der Waals surface area contributed by atoms with Crippen LogP contribution in [0.3, 0.4) is 0 Å². The molecule has 0 N–H and O–H groups in total. The Morgan fingerprint density at radius 3 is 2.37 bits per heavy atom. The van der Waals surface area contributed by atoms with Gasteiger partial charge in [-0.1, -0.05) is 56.0 Å². The lowest BCUT2D eigenvalue weighted by atomic mass is 9.79. The summed E-state index contributed by atoms with van der Waals surface area (Å²) in [6.45, 7) is 1.78. The van der Waals surface area contributed by atoms with Crippen LogP contribution in [0.4, 0.5) is 0 Å². The van der Waals surface area contributed by atoms with Gasteiger partial charge in [0.2, 0.25) is 5.91 Å². The average Bonchev–Trinajstić information content (AvgIpc) is 2.60. The third-order valence-electron chi connectivity index (χ3n) is 4.79. The van der Waals surface area contributed by atoms with Gasteiger partial charge >= 0.3 is 0 Å². The van der Waals surface area contributed by atoms with Gasteiger partial charge in [-0.25, -0.2) is 0 Å². The van der Waals surface area contributed by atoms with Crippen LogP contribution in [0.2, 0.25) is 0 Å². The van der Waals surface area contributed by atoms with E-state index in [1.165, 1.54) is 44.1 Å². The van der Waals surface area contributed by atoms with Gasteiger partial charge in [-0.15, -0.1) is 0 Å². The zero-order valence-corrected chi connectivity index (χ0v) is 11.6. The highest BCUT2D eigenvalue weighted by atomic mass is 16.2. The van der Waals surface area contributed by atoms with Crippen LogP contribution in [0.15, 0.2) is 30.3 Å². The third kappa shape index (κ3) is 2.83. The molecule has 1 amide bonds. The molecule has 2 aliphatic rings. The molecule has 102 valence electrons. The number of benzene rings is 1. The van der Waals surface area contributed by atoms with Crippen LogP contribution < -0.4 is 0 Å². The summed E-state index contributed by atoms with van der Waals surface area (Å²) in [7, 11) is 0. The van der Waals surface area contributed by atoms with E-state index in [1.54, 1.807) is 0 Å². The molecule has 1 saturated carbocycles. The van der Waals surface area contributed by atoms with Crippen molar-refractivity contribution in [3.8, 4) is 0 Å². The molecule has 3 rings (SSSR count). The Balaban J connectivity index is 1.69. The van der Waals surface area contributed by atoms with Crippen LogP contribution >= 0.6 is 0 Å². The van der Waals surface area contributed by atoms with Gasteiger partial charge in [-0.05, 0) is 23.8 Å². The van der Waals surface area contributed by atoms with Gasteiger partial charge in [-0.2, -0.15) is 0 Å². The minimum atomic E-state index is 0.308. The van der Waals surface area contributed by atoms with Gasteiger partial charge in [0.15, 0.2) is 0 Å². The molecule has 1 aromatic carbocycles. The van der Waals surface area contributed by atoms with Crippen molar-refractivity contribution in [3.63, 3.8) is 0 Å². The second-order valence-corrected chi connectivity index (χ2v) is 6.33. The summed E-state index contributed by atoms with van der Waals surface area (Å²) in [6.07, 6.45) is 8.63. The molecule has 1 aliphatic carbocycles. The Morgan fingerprint density at radius 1 is 1.00 bits per heavy atom. The van der Waals surface area contributed by atoms with Gasteiger partial charge in [0.25, 0.3) is 0 Å². The minimum absolute atomic E-state index is 0.308. The first-order chi connectivity index (χ1) is 9.27. The zero-order chi connectivity index (χ0) is 13.1. The molecular formula is C17H23NO. The fourth-order valence-electron chi connectivity index (χ4n) is 3.74.